The van der Waals surface area contributed by atoms with E-state index in [-0.39, 0.29) is 25.0 Å². The lowest BCUT2D eigenvalue weighted by Gasteiger charge is -2.38. The lowest BCUT2D eigenvalue weighted by molar-refractivity contribution is -0.150. The fourth-order valence-corrected chi connectivity index (χ4v) is 7.07. The Bertz CT molecular complexity index is 1500. The number of carbonyl (C=O) groups is 2. The largest absolute Gasteiger partial charge is 0.421 e. The van der Waals surface area contributed by atoms with Crippen molar-refractivity contribution < 1.29 is 23.8 Å². The zero-order chi connectivity index (χ0) is 27.1. The van der Waals surface area contributed by atoms with Gasteiger partial charge in [0.2, 0.25) is 5.82 Å². The van der Waals surface area contributed by atoms with E-state index >= 15 is 0 Å². The number of thiophene rings is 1. The number of esters is 2. The standard InChI is InChI=1S/C27H30N4O7S/c1-2-29-22(25-37-23(32)24(33)38-25)28-26(34)31(27(29)35)11-5-10-30-17-8-9-18(30)13-19(12-17)36-14-16-15-39-21-7-4-3-6-20(16)21/h3-4,6-7,15,17-19,25H,2,5,8-14H2,1H3. The molecule has 0 radical (unpaired) electrons. The van der Waals surface area contributed by atoms with Crippen molar-refractivity contribution in [3.8, 4) is 0 Å². The van der Waals surface area contributed by atoms with Crippen molar-refractivity contribution in [1.29, 1.82) is 0 Å². The molecule has 2 bridgehead atoms. The molecular formula is C27H30N4O7S. The summed E-state index contributed by atoms with van der Waals surface area (Å²) in [5.41, 5.74) is -0.0744. The first kappa shape index (κ1) is 25.9. The number of benzene rings is 1. The maximum atomic E-state index is 13.1. The monoisotopic (exact) mass is 554 g/mol. The number of rotatable bonds is 9. The Labute approximate surface area is 227 Å². The lowest BCUT2D eigenvalue weighted by Crippen LogP contribution is -2.47. The number of aromatic nitrogens is 3. The van der Waals surface area contributed by atoms with Crippen molar-refractivity contribution >= 4 is 33.4 Å². The molecule has 6 rings (SSSR count). The van der Waals surface area contributed by atoms with Gasteiger partial charge in [0.25, 0.3) is 0 Å². The third kappa shape index (κ3) is 4.92. The number of ether oxygens (including phenoxy) is 3. The summed E-state index contributed by atoms with van der Waals surface area (Å²) in [5.74, 6) is -2.53. The second-order valence-electron chi connectivity index (χ2n) is 10.2. The molecule has 0 amide bonds. The number of piperidine rings is 1. The van der Waals surface area contributed by atoms with Crippen LogP contribution < -0.4 is 11.4 Å². The SMILES string of the molecule is CCn1c(C2OC(=O)C(=O)O2)nc(=O)n(CCCN2C3CCC2CC(OCc2csc4ccccc24)C3)c1=O. The zero-order valence-electron chi connectivity index (χ0n) is 21.6. The number of nitrogens with zero attached hydrogens (tertiary/aromatic N) is 4. The first-order valence-electron chi connectivity index (χ1n) is 13.4. The highest BCUT2D eigenvalue weighted by atomic mass is 32.1. The zero-order valence-corrected chi connectivity index (χ0v) is 22.4. The van der Waals surface area contributed by atoms with Gasteiger partial charge in [0.1, 0.15) is 0 Å². The number of carbonyl (C=O) groups excluding carboxylic acids is 2. The van der Waals surface area contributed by atoms with Crippen LogP contribution in [0.3, 0.4) is 0 Å². The molecule has 2 atom stereocenters. The van der Waals surface area contributed by atoms with Gasteiger partial charge >= 0.3 is 29.6 Å². The van der Waals surface area contributed by atoms with E-state index in [1.54, 1.807) is 18.3 Å². The molecule has 3 aromatic rings. The maximum Gasteiger partial charge on any atom is 0.421 e. The minimum Gasteiger partial charge on any atom is -0.409 e. The summed E-state index contributed by atoms with van der Waals surface area (Å²) < 4.78 is 19.6. The van der Waals surface area contributed by atoms with Gasteiger partial charge in [-0.2, -0.15) is 4.98 Å². The van der Waals surface area contributed by atoms with Crippen LogP contribution in [0.2, 0.25) is 0 Å². The van der Waals surface area contributed by atoms with Gasteiger partial charge in [-0.25, -0.2) is 23.7 Å². The van der Waals surface area contributed by atoms with E-state index in [9.17, 15) is 19.2 Å². The Kier molecular flexibility index (Phi) is 7.08. The Morgan fingerprint density at radius 2 is 1.72 bits per heavy atom. The summed E-state index contributed by atoms with van der Waals surface area (Å²) >= 11 is 1.75. The van der Waals surface area contributed by atoms with Crippen molar-refractivity contribution in [1.82, 2.24) is 19.0 Å². The molecule has 12 heteroatoms. The molecule has 0 aliphatic carbocycles. The molecule has 1 aromatic carbocycles. The van der Waals surface area contributed by atoms with Gasteiger partial charge in [-0.15, -0.1) is 11.3 Å². The molecule has 3 aliphatic rings. The van der Waals surface area contributed by atoms with Gasteiger partial charge in [-0.3, -0.25) is 9.47 Å². The second kappa shape index (κ2) is 10.7. The molecule has 206 valence electrons. The van der Waals surface area contributed by atoms with Crippen LogP contribution in [0.1, 0.15) is 56.7 Å². The van der Waals surface area contributed by atoms with E-state index in [0.717, 1.165) is 36.8 Å². The summed E-state index contributed by atoms with van der Waals surface area (Å²) in [5, 5.41) is 3.46. The minimum absolute atomic E-state index is 0.173. The van der Waals surface area contributed by atoms with Gasteiger partial charge < -0.3 is 14.2 Å². The van der Waals surface area contributed by atoms with E-state index in [0.29, 0.717) is 25.1 Å². The fourth-order valence-electron chi connectivity index (χ4n) is 6.12. The Balaban J connectivity index is 1.06. The van der Waals surface area contributed by atoms with E-state index in [1.165, 1.54) is 20.2 Å². The summed E-state index contributed by atoms with van der Waals surface area (Å²) in [6, 6.07) is 9.29. The van der Waals surface area contributed by atoms with Gasteiger partial charge in [0.15, 0.2) is 0 Å². The van der Waals surface area contributed by atoms with E-state index in [4.69, 9.17) is 14.2 Å². The van der Waals surface area contributed by atoms with Crippen LogP contribution in [0.5, 0.6) is 0 Å². The van der Waals surface area contributed by atoms with E-state index in [2.05, 4.69) is 39.5 Å². The van der Waals surface area contributed by atoms with Crippen LogP contribution in [0.4, 0.5) is 0 Å². The van der Waals surface area contributed by atoms with Crippen LogP contribution in [0, 0.1) is 0 Å². The van der Waals surface area contributed by atoms with Crippen LogP contribution in [0.25, 0.3) is 10.1 Å². The van der Waals surface area contributed by atoms with Gasteiger partial charge in [0.05, 0.1) is 12.7 Å². The molecule has 3 saturated heterocycles. The molecule has 0 saturated carbocycles. The fraction of sp³-hybridized carbons (Fsp3) is 0.519. The number of fused-ring (bicyclic) bond motifs is 3. The van der Waals surface area contributed by atoms with Crippen LogP contribution in [-0.4, -0.2) is 55.7 Å². The highest BCUT2D eigenvalue weighted by Gasteiger charge is 2.41. The molecule has 11 nitrogen and oxygen atoms in total. The summed E-state index contributed by atoms with van der Waals surface area (Å²) in [6.07, 6.45) is 3.58. The molecule has 2 unspecified atom stereocenters. The first-order chi connectivity index (χ1) is 18.9. The molecule has 0 N–H and O–H groups in total. The van der Waals surface area contributed by atoms with Crippen molar-refractivity contribution in [2.75, 3.05) is 6.54 Å². The Hall–Kier alpha value is -3.35. The van der Waals surface area contributed by atoms with E-state index in [1.807, 2.05) is 0 Å². The summed E-state index contributed by atoms with van der Waals surface area (Å²) in [4.78, 5) is 55.0. The Morgan fingerprint density at radius 1 is 1.00 bits per heavy atom. The molecule has 3 aliphatic heterocycles. The topological polar surface area (TPSA) is 122 Å². The second-order valence-corrected chi connectivity index (χ2v) is 11.1. The number of hydrogen-bond acceptors (Lipinski definition) is 10. The summed E-state index contributed by atoms with van der Waals surface area (Å²) in [6.45, 7) is 3.49. The average molecular weight is 555 g/mol. The number of cyclic esters (lactones) is 2. The smallest absolute Gasteiger partial charge is 0.409 e. The van der Waals surface area contributed by atoms with Gasteiger partial charge in [0, 0.05) is 36.4 Å². The molecule has 3 fully saturated rings. The highest BCUT2D eigenvalue weighted by molar-refractivity contribution is 7.17. The third-order valence-corrected chi connectivity index (χ3v) is 8.99. The predicted molar refractivity (Wildman–Crippen MR) is 141 cm³/mol. The van der Waals surface area contributed by atoms with Gasteiger partial charge in [-0.05, 0) is 61.4 Å². The van der Waals surface area contributed by atoms with Gasteiger partial charge in [-0.1, -0.05) is 18.2 Å². The molecular weight excluding hydrogens is 524 g/mol. The van der Waals surface area contributed by atoms with Crippen molar-refractivity contribution in [2.45, 2.75) is 83.2 Å². The lowest BCUT2D eigenvalue weighted by atomic mass is 9.99. The minimum atomic E-state index is -1.49. The molecule has 39 heavy (non-hydrogen) atoms. The van der Waals surface area contributed by atoms with Crippen molar-refractivity contribution in [3.05, 3.63) is 62.0 Å². The predicted octanol–water partition coefficient (Wildman–Crippen LogP) is 2.34. The highest BCUT2D eigenvalue weighted by Crippen LogP contribution is 2.37. The van der Waals surface area contributed by atoms with E-state index < -0.39 is 29.6 Å². The van der Waals surface area contributed by atoms with Crippen LogP contribution in [0.15, 0.2) is 39.2 Å². The third-order valence-electron chi connectivity index (χ3n) is 7.98. The number of hydrogen-bond donors (Lipinski definition) is 0. The summed E-state index contributed by atoms with van der Waals surface area (Å²) in [7, 11) is 0. The normalized spacial score (nSPS) is 23.5. The molecule has 0 spiro atoms. The van der Waals surface area contributed by atoms with Crippen LogP contribution in [-0.2, 0) is 43.5 Å². The van der Waals surface area contributed by atoms with Crippen molar-refractivity contribution in [2.24, 2.45) is 0 Å². The molecule has 2 aromatic heterocycles. The maximum absolute atomic E-state index is 13.1. The first-order valence-corrected chi connectivity index (χ1v) is 14.3. The molecule has 5 heterocycles. The Morgan fingerprint density at radius 3 is 2.44 bits per heavy atom. The quantitative estimate of drug-likeness (QED) is 0.290. The average Bonchev–Trinajstić information content (AvgIpc) is 3.57. The van der Waals surface area contributed by atoms with Crippen molar-refractivity contribution in [3.63, 3.8) is 0 Å². The van der Waals surface area contributed by atoms with Crippen LogP contribution >= 0.6 is 11.3 Å².